The summed E-state index contributed by atoms with van der Waals surface area (Å²) in [4.78, 5) is 2.58. The van der Waals surface area contributed by atoms with Gasteiger partial charge in [0.1, 0.15) is 0 Å². The zero-order chi connectivity index (χ0) is 15.6. The van der Waals surface area contributed by atoms with Gasteiger partial charge in [-0.1, -0.05) is 20.8 Å². The van der Waals surface area contributed by atoms with Gasteiger partial charge in [0.05, 0.1) is 5.69 Å². The largest absolute Gasteiger partial charge is 0.312 e. The molecule has 1 aromatic rings. The highest BCUT2D eigenvalue weighted by Crippen LogP contribution is 2.24. The maximum absolute atomic E-state index is 4.64. The second kappa shape index (κ2) is 6.49. The third-order valence-corrected chi connectivity index (χ3v) is 4.41. The predicted molar refractivity (Wildman–Crippen MR) is 88.4 cm³/mol. The Morgan fingerprint density at radius 2 is 2.10 bits per heavy atom. The van der Waals surface area contributed by atoms with Crippen LogP contribution in [0.3, 0.4) is 0 Å². The standard InChI is InChI=1S/C17H32N4/c1-13(2)21-8-7-14(11-21)9-18-10-15-12-20(6)19-16(15)17(3,4)5/h12-14,18H,7-11H2,1-6H3. The fourth-order valence-corrected chi connectivity index (χ4v) is 3.21. The molecular formula is C17H32N4. The molecule has 1 aliphatic heterocycles. The molecule has 0 spiro atoms. The Labute approximate surface area is 129 Å². The molecule has 0 radical (unpaired) electrons. The van der Waals surface area contributed by atoms with Crippen LogP contribution in [-0.2, 0) is 19.0 Å². The van der Waals surface area contributed by atoms with E-state index in [1.807, 2.05) is 11.7 Å². The average molecular weight is 292 g/mol. The van der Waals surface area contributed by atoms with E-state index < -0.39 is 0 Å². The Kier molecular flexibility index (Phi) is 5.10. The lowest BCUT2D eigenvalue weighted by Crippen LogP contribution is -2.30. The summed E-state index contributed by atoms with van der Waals surface area (Å²) in [6.07, 6.45) is 3.48. The summed E-state index contributed by atoms with van der Waals surface area (Å²) in [7, 11) is 2.01. The highest BCUT2D eigenvalue weighted by molar-refractivity contribution is 5.23. The first kappa shape index (κ1) is 16.5. The van der Waals surface area contributed by atoms with Crippen LogP contribution in [0.5, 0.6) is 0 Å². The molecule has 4 nitrogen and oxygen atoms in total. The fraction of sp³-hybridized carbons (Fsp3) is 0.824. The molecule has 1 saturated heterocycles. The molecule has 0 aromatic carbocycles. The second-order valence-corrected chi connectivity index (χ2v) is 7.80. The fourth-order valence-electron chi connectivity index (χ4n) is 3.21. The zero-order valence-electron chi connectivity index (χ0n) is 14.6. The van der Waals surface area contributed by atoms with Gasteiger partial charge in [-0.05, 0) is 39.3 Å². The van der Waals surface area contributed by atoms with Crippen molar-refractivity contribution in [3.8, 4) is 0 Å². The van der Waals surface area contributed by atoms with Crippen molar-refractivity contribution in [2.75, 3.05) is 19.6 Å². The summed E-state index contributed by atoms with van der Waals surface area (Å²) < 4.78 is 1.94. The SMILES string of the molecule is CC(C)N1CCC(CNCc2cn(C)nc2C(C)(C)C)C1. The molecule has 0 amide bonds. The van der Waals surface area contributed by atoms with Gasteiger partial charge in [0.2, 0.25) is 0 Å². The quantitative estimate of drug-likeness (QED) is 0.905. The van der Waals surface area contributed by atoms with E-state index in [2.05, 4.69) is 56.1 Å². The van der Waals surface area contributed by atoms with Crippen LogP contribution >= 0.6 is 0 Å². The Hall–Kier alpha value is -0.870. The van der Waals surface area contributed by atoms with Gasteiger partial charge in [0.15, 0.2) is 0 Å². The normalized spacial score (nSPS) is 20.6. The average Bonchev–Trinajstić information content (AvgIpc) is 2.95. The first-order valence-corrected chi connectivity index (χ1v) is 8.25. The van der Waals surface area contributed by atoms with Crippen molar-refractivity contribution >= 4 is 0 Å². The molecule has 1 aromatic heterocycles. The van der Waals surface area contributed by atoms with Crippen molar-refractivity contribution in [3.63, 3.8) is 0 Å². The van der Waals surface area contributed by atoms with E-state index in [0.29, 0.717) is 6.04 Å². The molecule has 0 aliphatic carbocycles. The van der Waals surface area contributed by atoms with E-state index in [1.54, 1.807) is 0 Å². The van der Waals surface area contributed by atoms with Crippen LogP contribution in [0.25, 0.3) is 0 Å². The third kappa shape index (κ3) is 4.30. The topological polar surface area (TPSA) is 33.1 Å². The van der Waals surface area contributed by atoms with Gasteiger partial charge >= 0.3 is 0 Å². The molecule has 120 valence electrons. The van der Waals surface area contributed by atoms with E-state index in [9.17, 15) is 0 Å². The van der Waals surface area contributed by atoms with Gasteiger partial charge in [0, 0.05) is 43.4 Å². The number of likely N-dealkylation sites (tertiary alicyclic amines) is 1. The van der Waals surface area contributed by atoms with Gasteiger partial charge in [-0.25, -0.2) is 0 Å². The van der Waals surface area contributed by atoms with Crippen molar-refractivity contribution in [3.05, 3.63) is 17.5 Å². The molecule has 4 heteroatoms. The van der Waals surface area contributed by atoms with E-state index >= 15 is 0 Å². The Bertz CT molecular complexity index is 456. The second-order valence-electron chi connectivity index (χ2n) is 7.80. The number of aryl methyl sites for hydroxylation is 1. The van der Waals surface area contributed by atoms with Crippen molar-refractivity contribution in [1.82, 2.24) is 20.0 Å². The van der Waals surface area contributed by atoms with Gasteiger partial charge in [-0.2, -0.15) is 5.10 Å². The Morgan fingerprint density at radius 1 is 1.38 bits per heavy atom. The van der Waals surface area contributed by atoms with Crippen molar-refractivity contribution < 1.29 is 0 Å². The number of hydrogen-bond acceptors (Lipinski definition) is 3. The van der Waals surface area contributed by atoms with E-state index in [4.69, 9.17) is 0 Å². The lowest BCUT2D eigenvalue weighted by Gasteiger charge is -2.20. The number of hydrogen-bond donors (Lipinski definition) is 1. The number of rotatable bonds is 5. The van der Waals surface area contributed by atoms with E-state index in [0.717, 1.165) is 19.0 Å². The molecule has 21 heavy (non-hydrogen) atoms. The van der Waals surface area contributed by atoms with Crippen LogP contribution < -0.4 is 5.32 Å². The van der Waals surface area contributed by atoms with Crippen LogP contribution in [0.4, 0.5) is 0 Å². The highest BCUT2D eigenvalue weighted by Gasteiger charge is 2.25. The smallest absolute Gasteiger partial charge is 0.0722 e. The summed E-state index contributed by atoms with van der Waals surface area (Å²) in [5.41, 5.74) is 2.66. The molecule has 1 N–H and O–H groups in total. The maximum Gasteiger partial charge on any atom is 0.0722 e. The Morgan fingerprint density at radius 3 is 2.67 bits per heavy atom. The molecule has 1 fully saturated rings. The van der Waals surface area contributed by atoms with Gasteiger partial charge < -0.3 is 10.2 Å². The summed E-state index contributed by atoms with van der Waals surface area (Å²) in [5, 5.41) is 8.28. The summed E-state index contributed by atoms with van der Waals surface area (Å²) in [6, 6.07) is 0.681. The molecule has 1 atom stereocenters. The van der Waals surface area contributed by atoms with Crippen molar-refractivity contribution in [2.45, 2.75) is 59.0 Å². The van der Waals surface area contributed by atoms with Crippen molar-refractivity contribution in [1.29, 1.82) is 0 Å². The van der Waals surface area contributed by atoms with Crippen molar-refractivity contribution in [2.24, 2.45) is 13.0 Å². The number of nitrogens with one attached hydrogen (secondary N) is 1. The molecule has 1 aliphatic rings. The summed E-state index contributed by atoms with van der Waals surface area (Å²) in [6.45, 7) is 15.8. The zero-order valence-corrected chi connectivity index (χ0v) is 14.6. The summed E-state index contributed by atoms with van der Waals surface area (Å²) >= 11 is 0. The minimum absolute atomic E-state index is 0.111. The van der Waals surface area contributed by atoms with Gasteiger partial charge in [-0.15, -0.1) is 0 Å². The maximum atomic E-state index is 4.64. The number of nitrogens with zero attached hydrogens (tertiary/aromatic N) is 3. The van der Waals surface area contributed by atoms with Gasteiger partial charge in [0.25, 0.3) is 0 Å². The van der Waals surface area contributed by atoms with Crippen LogP contribution in [0, 0.1) is 5.92 Å². The molecule has 0 bridgehead atoms. The highest BCUT2D eigenvalue weighted by atomic mass is 15.3. The minimum atomic E-state index is 0.111. The molecule has 2 rings (SSSR count). The number of aromatic nitrogens is 2. The van der Waals surface area contributed by atoms with E-state index in [-0.39, 0.29) is 5.41 Å². The van der Waals surface area contributed by atoms with E-state index in [1.165, 1.54) is 30.8 Å². The molecule has 0 saturated carbocycles. The minimum Gasteiger partial charge on any atom is -0.312 e. The molecule has 1 unspecified atom stereocenters. The monoisotopic (exact) mass is 292 g/mol. The first-order valence-electron chi connectivity index (χ1n) is 8.25. The Balaban J connectivity index is 1.85. The molecular weight excluding hydrogens is 260 g/mol. The lowest BCUT2D eigenvalue weighted by molar-refractivity contribution is 0.264. The van der Waals surface area contributed by atoms with Gasteiger partial charge in [-0.3, -0.25) is 4.68 Å². The summed E-state index contributed by atoms with van der Waals surface area (Å²) in [5.74, 6) is 0.794. The lowest BCUT2D eigenvalue weighted by atomic mass is 9.89. The predicted octanol–water partition coefficient (Wildman–Crippen LogP) is 2.54. The molecule has 2 heterocycles. The first-order chi connectivity index (χ1) is 9.77. The van der Waals surface area contributed by atoms with Crippen LogP contribution in [0.2, 0.25) is 0 Å². The third-order valence-electron chi connectivity index (χ3n) is 4.41. The van der Waals surface area contributed by atoms with Crippen LogP contribution in [-0.4, -0.2) is 40.4 Å². The van der Waals surface area contributed by atoms with Crippen LogP contribution in [0.15, 0.2) is 6.20 Å². The van der Waals surface area contributed by atoms with Crippen LogP contribution in [0.1, 0.15) is 52.3 Å².